The van der Waals surface area contributed by atoms with Crippen LogP contribution in [0.4, 0.5) is 4.79 Å². The van der Waals surface area contributed by atoms with Crippen molar-refractivity contribution < 1.29 is 23.9 Å². The summed E-state index contributed by atoms with van der Waals surface area (Å²) in [7, 11) is 1.72. The second-order valence-corrected chi connectivity index (χ2v) is 11.0. The van der Waals surface area contributed by atoms with Gasteiger partial charge in [-0.25, -0.2) is 14.8 Å². The molecule has 0 fully saturated rings. The molecule has 3 amide bonds. The maximum absolute atomic E-state index is 13.1. The topological polar surface area (TPSA) is 101 Å². The van der Waals surface area contributed by atoms with Crippen molar-refractivity contribution >= 4 is 35.0 Å². The van der Waals surface area contributed by atoms with Crippen molar-refractivity contribution in [2.45, 2.75) is 46.3 Å². The molecule has 0 saturated carbocycles. The Morgan fingerprint density at radius 3 is 2.35 bits per heavy atom. The van der Waals surface area contributed by atoms with E-state index in [4.69, 9.17) is 9.47 Å². The van der Waals surface area contributed by atoms with Gasteiger partial charge in [0.25, 0.3) is 5.91 Å². The Balaban J connectivity index is 1.42. The van der Waals surface area contributed by atoms with Gasteiger partial charge in [0, 0.05) is 36.8 Å². The van der Waals surface area contributed by atoms with Gasteiger partial charge in [-0.15, -0.1) is 11.3 Å². The summed E-state index contributed by atoms with van der Waals surface area (Å²) in [6, 6.07) is 15.4. The Hall–Kier alpha value is -4.05. The number of aromatic nitrogens is 1. The summed E-state index contributed by atoms with van der Waals surface area (Å²) in [5.41, 5.74) is 1.58. The number of amides is 3. The van der Waals surface area contributed by atoms with Crippen LogP contribution in [0.25, 0.3) is 0 Å². The van der Waals surface area contributed by atoms with Crippen molar-refractivity contribution in [2.75, 3.05) is 20.1 Å². The minimum atomic E-state index is -0.752. The lowest BCUT2D eigenvalue weighted by Gasteiger charge is -2.37. The van der Waals surface area contributed by atoms with Gasteiger partial charge in [0.15, 0.2) is 0 Å². The summed E-state index contributed by atoms with van der Waals surface area (Å²) in [4.78, 5) is 51.1. The molecule has 2 aromatic carbocycles. The van der Waals surface area contributed by atoms with Crippen molar-refractivity contribution in [1.82, 2.24) is 14.8 Å². The number of nitrogens with zero attached hydrogens (tertiary/aromatic N) is 4. The van der Waals surface area contributed by atoms with Gasteiger partial charge in [-0.2, -0.15) is 0 Å². The van der Waals surface area contributed by atoms with Crippen LogP contribution in [-0.2, 0) is 9.53 Å². The molecule has 2 heterocycles. The minimum absolute atomic E-state index is 0.143. The minimum Gasteiger partial charge on any atom is -0.462 e. The van der Waals surface area contributed by atoms with Crippen molar-refractivity contribution in [1.29, 1.82) is 0 Å². The van der Waals surface area contributed by atoms with Crippen LogP contribution in [0.2, 0.25) is 0 Å². The maximum atomic E-state index is 13.1. The normalized spacial score (nSPS) is 17.0. The highest BCUT2D eigenvalue weighted by molar-refractivity contribution is 7.09. The molecule has 1 aliphatic rings. The molecule has 0 radical (unpaired) electrons. The summed E-state index contributed by atoms with van der Waals surface area (Å²) in [5.74, 6) is 0.0270. The third-order valence-electron chi connectivity index (χ3n) is 6.48. The SMILES string of the molecule is CC1=NC(=O)N(CCCN(C)C(=O)c2ccc(Oc3ccccc3)cc2)C(c2csc(C)n2)C1C(=O)OC(C)C. The lowest BCUT2D eigenvalue weighted by molar-refractivity contribution is -0.151. The Kier molecular flexibility index (Phi) is 9.31. The van der Waals surface area contributed by atoms with E-state index < -0.39 is 24.0 Å². The van der Waals surface area contributed by atoms with E-state index in [0.29, 0.717) is 42.2 Å². The van der Waals surface area contributed by atoms with Crippen LogP contribution in [0.1, 0.15) is 54.3 Å². The number of urea groups is 1. The van der Waals surface area contributed by atoms with Crippen molar-refractivity contribution in [3.63, 3.8) is 0 Å². The summed E-state index contributed by atoms with van der Waals surface area (Å²) < 4.78 is 11.3. The highest BCUT2D eigenvalue weighted by Crippen LogP contribution is 2.36. The number of aliphatic imine (C=N–C) groups is 1. The molecular formula is C30H34N4O5S. The largest absolute Gasteiger partial charge is 0.462 e. The fourth-order valence-corrected chi connectivity index (χ4v) is 5.23. The van der Waals surface area contributed by atoms with Crippen LogP contribution in [-0.4, -0.2) is 64.6 Å². The average Bonchev–Trinajstić information content (AvgIpc) is 3.35. The van der Waals surface area contributed by atoms with E-state index in [9.17, 15) is 14.4 Å². The number of hydrogen-bond acceptors (Lipinski definition) is 7. The third-order valence-corrected chi connectivity index (χ3v) is 7.28. The maximum Gasteiger partial charge on any atom is 0.344 e. The molecule has 10 heteroatoms. The zero-order valence-corrected chi connectivity index (χ0v) is 24.2. The smallest absolute Gasteiger partial charge is 0.344 e. The number of carbonyl (C=O) groups is 3. The number of benzene rings is 2. The zero-order valence-electron chi connectivity index (χ0n) is 23.4. The van der Waals surface area contributed by atoms with Crippen LogP contribution in [0, 0.1) is 12.8 Å². The second kappa shape index (κ2) is 12.9. The van der Waals surface area contributed by atoms with E-state index in [-0.39, 0.29) is 12.0 Å². The van der Waals surface area contributed by atoms with Crippen molar-refractivity contribution in [3.8, 4) is 11.5 Å². The van der Waals surface area contributed by atoms with Crippen molar-refractivity contribution in [3.05, 3.63) is 76.2 Å². The van der Waals surface area contributed by atoms with Crippen LogP contribution in [0.5, 0.6) is 11.5 Å². The first-order valence-electron chi connectivity index (χ1n) is 13.2. The third kappa shape index (κ3) is 6.93. The van der Waals surface area contributed by atoms with E-state index >= 15 is 0 Å². The van der Waals surface area contributed by atoms with Crippen LogP contribution >= 0.6 is 11.3 Å². The number of hydrogen-bond donors (Lipinski definition) is 0. The molecule has 210 valence electrons. The second-order valence-electron chi connectivity index (χ2n) is 9.95. The average molecular weight is 563 g/mol. The first-order chi connectivity index (χ1) is 19.1. The molecular weight excluding hydrogens is 528 g/mol. The van der Waals surface area contributed by atoms with E-state index in [1.807, 2.05) is 42.6 Å². The molecule has 1 aromatic heterocycles. The number of para-hydroxylation sites is 1. The molecule has 0 saturated heterocycles. The molecule has 40 heavy (non-hydrogen) atoms. The fourth-order valence-electron chi connectivity index (χ4n) is 4.59. The molecule has 0 bridgehead atoms. The van der Waals surface area contributed by atoms with Gasteiger partial charge < -0.3 is 19.3 Å². The monoisotopic (exact) mass is 562 g/mol. The number of esters is 1. The first kappa shape index (κ1) is 28.9. The van der Waals surface area contributed by atoms with Crippen LogP contribution in [0.15, 0.2) is 65.0 Å². The predicted octanol–water partition coefficient (Wildman–Crippen LogP) is 5.91. The molecule has 0 N–H and O–H groups in total. The Morgan fingerprint density at radius 1 is 1.05 bits per heavy atom. The van der Waals surface area contributed by atoms with Gasteiger partial charge in [0.05, 0.1) is 22.8 Å². The van der Waals surface area contributed by atoms with E-state index in [1.54, 1.807) is 61.9 Å². The number of carbonyl (C=O) groups excluding carboxylic acids is 3. The summed E-state index contributed by atoms with van der Waals surface area (Å²) in [6.07, 6.45) is 0.186. The molecule has 9 nitrogen and oxygen atoms in total. The van der Waals surface area contributed by atoms with Crippen molar-refractivity contribution in [2.24, 2.45) is 10.9 Å². The lowest BCUT2D eigenvalue weighted by atomic mass is 9.90. The Morgan fingerprint density at radius 2 is 1.73 bits per heavy atom. The van der Waals surface area contributed by atoms with E-state index in [2.05, 4.69) is 9.98 Å². The fraction of sp³-hybridized carbons (Fsp3) is 0.367. The Labute approximate surface area is 238 Å². The van der Waals surface area contributed by atoms with E-state index in [0.717, 1.165) is 10.8 Å². The molecule has 2 unspecified atom stereocenters. The standard InChI is InChI=1S/C30H34N4O5S/c1-19(2)38-29(36)26-20(3)31-30(37)34(27(26)25-18-40-21(4)32-25)17-9-16-33(5)28(35)22-12-14-24(15-13-22)39-23-10-7-6-8-11-23/h6-8,10-15,18-19,26-27H,9,16-17H2,1-5H3. The van der Waals surface area contributed by atoms with Crippen LogP contribution < -0.4 is 4.74 Å². The predicted molar refractivity (Wildman–Crippen MR) is 154 cm³/mol. The van der Waals surface area contributed by atoms with Crippen LogP contribution in [0.3, 0.4) is 0 Å². The molecule has 3 aromatic rings. The summed E-state index contributed by atoms with van der Waals surface area (Å²) in [6.45, 7) is 7.83. The Bertz CT molecular complexity index is 1370. The summed E-state index contributed by atoms with van der Waals surface area (Å²) >= 11 is 1.46. The first-order valence-corrected chi connectivity index (χ1v) is 14.1. The molecule has 0 aliphatic carbocycles. The number of ether oxygens (including phenoxy) is 2. The van der Waals surface area contributed by atoms with Gasteiger partial charge in [0.2, 0.25) is 0 Å². The highest BCUT2D eigenvalue weighted by Gasteiger charge is 2.44. The summed E-state index contributed by atoms with van der Waals surface area (Å²) in [5, 5.41) is 2.71. The number of aryl methyl sites for hydroxylation is 1. The van der Waals surface area contributed by atoms with Gasteiger partial charge in [-0.1, -0.05) is 18.2 Å². The molecule has 4 rings (SSSR count). The number of thiazole rings is 1. The highest BCUT2D eigenvalue weighted by atomic mass is 32.1. The van der Waals surface area contributed by atoms with E-state index in [1.165, 1.54) is 11.3 Å². The molecule has 2 atom stereocenters. The lowest BCUT2D eigenvalue weighted by Crippen LogP contribution is -2.48. The number of rotatable bonds is 10. The van der Waals surface area contributed by atoms with Gasteiger partial charge in [-0.05, 0) is 70.5 Å². The zero-order chi connectivity index (χ0) is 28.8. The quantitative estimate of drug-likeness (QED) is 0.285. The molecule has 0 spiro atoms. The molecule has 1 aliphatic heterocycles. The van der Waals surface area contributed by atoms with Gasteiger partial charge in [0.1, 0.15) is 17.4 Å². The van der Waals surface area contributed by atoms with Gasteiger partial charge >= 0.3 is 12.0 Å². The van der Waals surface area contributed by atoms with Gasteiger partial charge in [-0.3, -0.25) is 9.59 Å².